The Balaban J connectivity index is 1.83. The maximum absolute atomic E-state index is 9.91. The highest BCUT2D eigenvalue weighted by molar-refractivity contribution is 7.99. The number of aliphatic hydroxyl groups excluding tert-OH is 1. The summed E-state index contributed by atoms with van der Waals surface area (Å²) in [6.07, 6.45) is -0.465. The van der Waals surface area contributed by atoms with Gasteiger partial charge in [0.25, 0.3) is 0 Å². The number of hydrogen-bond donors (Lipinski definition) is 2. The molecule has 0 amide bonds. The van der Waals surface area contributed by atoms with Gasteiger partial charge in [-0.1, -0.05) is 30.0 Å². The molecule has 0 fully saturated rings. The second-order valence-electron chi connectivity index (χ2n) is 4.37. The topological polar surface area (TPSA) is 85.1 Å². The SMILES string of the molecule is COCCNCC(O)CSc1nnnn1-c1ccccc1. The third kappa shape index (κ3) is 5.09. The van der Waals surface area contributed by atoms with E-state index < -0.39 is 6.10 Å². The van der Waals surface area contributed by atoms with Crippen molar-refractivity contribution < 1.29 is 9.84 Å². The van der Waals surface area contributed by atoms with Crippen molar-refractivity contribution in [3.8, 4) is 5.69 Å². The van der Waals surface area contributed by atoms with E-state index in [2.05, 4.69) is 20.8 Å². The highest BCUT2D eigenvalue weighted by Crippen LogP contribution is 2.18. The second-order valence-corrected chi connectivity index (χ2v) is 5.36. The molecule has 0 radical (unpaired) electrons. The number of nitrogens with one attached hydrogen (secondary N) is 1. The van der Waals surface area contributed by atoms with Crippen molar-refractivity contribution >= 4 is 11.8 Å². The van der Waals surface area contributed by atoms with Crippen LogP contribution < -0.4 is 5.32 Å². The molecule has 1 unspecified atom stereocenters. The van der Waals surface area contributed by atoms with Crippen molar-refractivity contribution in [2.75, 3.05) is 32.6 Å². The predicted molar refractivity (Wildman–Crippen MR) is 80.6 cm³/mol. The molecule has 21 heavy (non-hydrogen) atoms. The maximum Gasteiger partial charge on any atom is 0.214 e. The van der Waals surface area contributed by atoms with Crippen LogP contribution in [0.15, 0.2) is 35.5 Å². The highest BCUT2D eigenvalue weighted by Gasteiger charge is 2.11. The molecule has 0 saturated carbocycles. The monoisotopic (exact) mass is 309 g/mol. The van der Waals surface area contributed by atoms with Gasteiger partial charge in [0.05, 0.1) is 18.4 Å². The minimum absolute atomic E-state index is 0.465. The largest absolute Gasteiger partial charge is 0.391 e. The van der Waals surface area contributed by atoms with Crippen LogP contribution in [-0.4, -0.2) is 64.0 Å². The summed E-state index contributed by atoms with van der Waals surface area (Å²) in [6, 6.07) is 9.67. The van der Waals surface area contributed by atoms with E-state index in [1.54, 1.807) is 11.8 Å². The first-order chi connectivity index (χ1) is 10.3. The Bertz CT molecular complexity index is 522. The number of aromatic nitrogens is 4. The van der Waals surface area contributed by atoms with E-state index in [1.165, 1.54) is 11.8 Å². The number of nitrogens with zero attached hydrogens (tertiary/aromatic N) is 4. The van der Waals surface area contributed by atoms with E-state index in [0.29, 0.717) is 24.1 Å². The van der Waals surface area contributed by atoms with Crippen molar-refractivity contribution in [3.05, 3.63) is 30.3 Å². The number of rotatable bonds is 9. The van der Waals surface area contributed by atoms with Crippen LogP contribution in [0.25, 0.3) is 5.69 Å². The Kier molecular flexibility index (Phi) is 6.61. The predicted octanol–water partition coefficient (Wildman–Crippen LogP) is 0.351. The number of tetrazole rings is 1. The van der Waals surface area contributed by atoms with Crippen molar-refractivity contribution in [1.29, 1.82) is 0 Å². The molecule has 2 N–H and O–H groups in total. The molecule has 7 nitrogen and oxygen atoms in total. The van der Waals surface area contributed by atoms with Gasteiger partial charge in [-0.25, -0.2) is 0 Å². The highest BCUT2D eigenvalue weighted by atomic mass is 32.2. The van der Waals surface area contributed by atoms with Crippen molar-refractivity contribution in [2.45, 2.75) is 11.3 Å². The van der Waals surface area contributed by atoms with Gasteiger partial charge in [-0.15, -0.1) is 5.10 Å². The lowest BCUT2D eigenvalue weighted by molar-refractivity contribution is 0.175. The van der Waals surface area contributed by atoms with Crippen LogP contribution in [0, 0.1) is 0 Å². The fraction of sp³-hybridized carbons (Fsp3) is 0.462. The number of para-hydroxylation sites is 1. The van der Waals surface area contributed by atoms with Crippen LogP contribution in [0.3, 0.4) is 0 Å². The molecule has 1 atom stereocenters. The van der Waals surface area contributed by atoms with Gasteiger partial charge in [0.15, 0.2) is 0 Å². The lowest BCUT2D eigenvalue weighted by atomic mass is 10.3. The molecular weight excluding hydrogens is 290 g/mol. The number of benzene rings is 1. The molecule has 0 saturated heterocycles. The maximum atomic E-state index is 9.91. The third-order valence-corrected chi connectivity index (χ3v) is 3.77. The van der Waals surface area contributed by atoms with E-state index in [-0.39, 0.29) is 0 Å². The summed E-state index contributed by atoms with van der Waals surface area (Å²) in [7, 11) is 1.65. The Labute approximate surface area is 127 Å². The van der Waals surface area contributed by atoms with Crippen LogP contribution in [0.5, 0.6) is 0 Å². The molecule has 114 valence electrons. The molecule has 0 aliphatic heterocycles. The standard InChI is InChI=1S/C13H19N5O2S/c1-20-8-7-14-9-12(19)10-21-13-15-16-17-18(13)11-5-3-2-4-6-11/h2-6,12,14,19H,7-10H2,1H3. The molecule has 0 aliphatic carbocycles. The van der Waals surface area contributed by atoms with Gasteiger partial charge >= 0.3 is 0 Å². The zero-order valence-corrected chi connectivity index (χ0v) is 12.7. The summed E-state index contributed by atoms with van der Waals surface area (Å²) >= 11 is 1.43. The minimum atomic E-state index is -0.465. The third-order valence-electron chi connectivity index (χ3n) is 2.71. The number of thioether (sulfide) groups is 1. The van der Waals surface area contributed by atoms with Gasteiger partial charge < -0.3 is 15.2 Å². The quantitative estimate of drug-likeness (QED) is 0.511. The summed E-state index contributed by atoms with van der Waals surface area (Å²) in [5, 5.41) is 25.3. The minimum Gasteiger partial charge on any atom is -0.391 e. The van der Waals surface area contributed by atoms with Gasteiger partial charge in [0.2, 0.25) is 5.16 Å². The van der Waals surface area contributed by atoms with Crippen LogP contribution >= 0.6 is 11.8 Å². The molecule has 0 aliphatic rings. The van der Waals surface area contributed by atoms with E-state index in [0.717, 1.165) is 12.2 Å². The first kappa shape index (κ1) is 15.9. The van der Waals surface area contributed by atoms with Gasteiger partial charge in [0.1, 0.15) is 0 Å². The molecule has 1 aromatic carbocycles. The number of methoxy groups -OCH3 is 1. The average Bonchev–Trinajstić information content (AvgIpc) is 2.99. The number of ether oxygens (including phenoxy) is 1. The molecule has 0 bridgehead atoms. The fourth-order valence-electron chi connectivity index (χ4n) is 1.67. The first-order valence-corrected chi connectivity index (χ1v) is 7.64. The fourth-order valence-corrected chi connectivity index (χ4v) is 2.49. The van der Waals surface area contributed by atoms with Crippen molar-refractivity contribution in [3.63, 3.8) is 0 Å². The van der Waals surface area contributed by atoms with E-state index in [4.69, 9.17) is 4.74 Å². The van der Waals surface area contributed by atoms with Gasteiger partial charge in [-0.3, -0.25) is 0 Å². The summed E-state index contributed by atoms with van der Waals surface area (Å²) in [5.41, 5.74) is 0.901. The van der Waals surface area contributed by atoms with Gasteiger partial charge in [-0.05, 0) is 22.6 Å². The van der Waals surface area contributed by atoms with Crippen LogP contribution in [0.2, 0.25) is 0 Å². The normalized spacial score (nSPS) is 12.5. The van der Waals surface area contributed by atoms with Gasteiger partial charge in [-0.2, -0.15) is 4.68 Å². The van der Waals surface area contributed by atoms with Crippen LogP contribution in [0.1, 0.15) is 0 Å². The molecule has 1 aromatic heterocycles. The van der Waals surface area contributed by atoms with Crippen molar-refractivity contribution in [1.82, 2.24) is 25.5 Å². The van der Waals surface area contributed by atoms with E-state index in [9.17, 15) is 5.11 Å². The lowest BCUT2D eigenvalue weighted by Crippen LogP contribution is -2.30. The van der Waals surface area contributed by atoms with Gasteiger partial charge in [0, 0.05) is 26.0 Å². The molecule has 2 rings (SSSR count). The molecule has 2 aromatic rings. The van der Waals surface area contributed by atoms with Crippen LogP contribution in [0.4, 0.5) is 0 Å². The zero-order valence-electron chi connectivity index (χ0n) is 11.8. The average molecular weight is 309 g/mol. The Morgan fingerprint density at radius 3 is 2.95 bits per heavy atom. The lowest BCUT2D eigenvalue weighted by Gasteiger charge is -2.11. The summed E-state index contributed by atoms with van der Waals surface area (Å²) in [5.74, 6) is 0.521. The smallest absolute Gasteiger partial charge is 0.214 e. The summed E-state index contributed by atoms with van der Waals surface area (Å²) in [6.45, 7) is 1.87. The summed E-state index contributed by atoms with van der Waals surface area (Å²) < 4.78 is 6.59. The Hall–Kier alpha value is -1.48. The van der Waals surface area contributed by atoms with Crippen molar-refractivity contribution in [2.24, 2.45) is 0 Å². The molecule has 1 heterocycles. The molecule has 8 heteroatoms. The Morgan fingerprint density at radius 1 is 1.38 bits per heavy atom. The second kappa shape index (κ2) is 8.73. The van der Waals surface area contributed by atoms with E-state index >= 15 is 0 Å². The van der Waals surface area contributed by atoms with E-state index in [1.807, 2.05) is 30.3 Å². The van der Waals surface area contributed by atoms with Crippen LogP contribution in [-0.2, 0) is 4.74 Å². The first-order valence-electron chi connectivity index (χ1n) is 6.65. The molecular formula is C13H19N5O2S. The zero-order chi connectivity index (χ0) is 14.9. The number of aliphatic hydroxyl groups is 1. The number of hydrogen-bond acceptors (Lipinski definition) is 7. The summed E-state index contributed by atoms with van der Waals surface area (Å²) in [4.78, 5) is 0. The molecule has 0 spiro atoms. The Morgan fingerprint density at radius 2 is 2.19 bits per heavy atom.